The average Bonchev–Trinajstić information content (AvgIpc) is 2.62. The van der Waals surface area contributed by atoms with Gasteiger partial charge in [0.1, 0.15) is 6.10 Å². The summed E-state index contributed by atoms with van der Waals surface area (Å²) in [6.45, 7) is 8.88. The van der Waals surface area contributed by atoms with E-state index in [1.807, 2.05) is 30.3 Å². The third kappa shape index (κ3) is 6.23. The zero-order valence-corrected chi connectivity index (χ0v) is 16.4. The van der Waals surface area contributed by atoms with E-state index in [1.54, 1.807) is 0 Å². The molecule has 0 saturated heterocycles. The van der Waals surface area contributed by atoms with Crippen molar-refractivity contribution in [3.8, 4) is 0 Å². The maximum atomic E-state index is 12.9. The molecule has 0 spiro atoms. The van der Waals surface area contributed by atoms with Crippen LogP contribution in [0.25, 0.3) is 0 Å². The lowest BCUT2D eigenvalue weighted by molar-refractivity contribution is 0.0752. The molecule has 0 aliphatic heterocycles. The van der Waals surface area contributed by atoms with Crippen LogP contribution in [0.2, 0.25) is 18.1 Å². The molecule has 0 N–H and O–H groups in total. The number of hydrogen-bond acceptors (Lipinski definition) is 2. The molecular formula is C20H34O2Si. The lowest BCUT2D eigenvalue weighted by atomic mass is 10.0. The van der Waals surface area contributed by atoms with Crippen LogP contribution in [-0.4, -0.2) is 20.2 Å². The molecule has 0 heterocycles. The molecule has 0 fully saturated rings. The Morgan fingerprint density at radius 3 is 2.09 bits per heavy atom. The van der Waals surface area contributed by atoms with Crippen LogP contribution in [0.5, 0.6) is 0 Å². The second-order valence-electron chi connectivity index (χ2n) is 6.43. The Kier molecular flexibility index (Phi) is 9.42. The van der Waals surface area contributed by atoms with Gasteiger partial charge in [-0.1, -0.05) is 83.7 Å². The fraction of sp³-hybridized carbons (Fsp3) is 0.650. The topological polar surface area (TPSA) is 26.3 Å². The summed E-state index contributed by atoms with van der Waals surface area (Å²) < 4.78 is 6.57. The molecular weight excluding hydrogens is 300 g/mol. The van der Waals surface area contributed by atoms with E-state index in [-0.39, 0.29) is 11.9 Å². The van der Waals surface area contributed by atoms with Crippen LogP contribution in [0.15, 0.2) is 30.3 Å². The molecule has 0 radical (unpaired) electrons. The van der Waals surface area contributed by atoms with Crippen molar-refractivity contribution in [3.63, 3.8) is 0 Å². The van der Waals surface area contributed by atoms with Gasteiger partial charge in [0, 0.05) is 5.56 Å². The maximum absolute atomic E-state index is 12.9. The fourth-order valence-corrected chi connectivity index (χ4v) is 5.92. The standard InChI is InChI=1S/C20H34O2Si/c1-5-9-10-14-17-19(22-23(6-2,7-3)8-4)20(21)18-15-12-11-13-16-18/h11-13,15-16,19H,5-10,14,17H2,1-4H3. The molecule has 23 heavy (non-hydrogen) atoms. The van der Waals surface area contributed by atoms with Gasteiger partial charge in [-0.3, -0.25) is 4.79 Å². The van der Waals surface area contributed by atoms with Gasteiger partial charge in [-0.25, -0.2) is 0 Å². The van der Waals surface area contributed by atoms with E-state index in [0.717, 1.165) is 36.5 Å². The molecule has 0 bridgehead atoms. The number of rotatable bonds is 12. The predicted octanol–water partition coefficient (Wildman–Crippen LogP) is 6.23. The molecule has 0 aliphatic carbocycles. The molecule has 1 rings (SSSR count). The zero-order valence-electron chi connectivity index (χ0n) is 15.4. The van der Waals surface area contributed by atoms with Crippen molar-refractivity contribution in [1.82, 2.24) is 0 Å². The number of ketones is 1. The lowest BCUT2D eigenvalue weighted by Crippen LogP contribution is -2.42. The molecule has 1 unspecified atom stereocenters. The highest BCUT2D eigenvalue weighted by Gasteiger charge is 2.34. The third-order valence-corrected chi connectivity index (χ3v) is 9.65. The highest BCUT2D eigenvalue weighted by molar-refractivity contribution is 6.73. The summed E-state index contributed by atoms with van der Waals surface area (Å²) in [4.78, 5) is 12.9. The van der Waals surface area contributed by atoms with E-state index >= 15 is 0 Å². The summed E-state index contributed by atoms with van der Waals surface area (Å²) >= 11 is 0. The molecule has 1 aromatic carbocycles. The normalized spacial score (nSPS) is 13.0. The van der Waals surface area contributed by atoms with Crippen LogP contribution in [0.1, 0.15) is 70.2 Å². The summed E-state index contributed by atoms with van der Waals surface area (Å²) in [5.41, 5.74) is 0.791. The van der Waals surface area contributed by atoms with E-state index in [9.17, 15) is 4.79 Å². The van der Waals surface area contributed by atoms with E-state index < -0.39 is 8.32 Å². The number of carbonyl (C=O) groups excluding carboxylic acids is 1. The highest BCUT2D eigenvalue weighted by atomic mass is 28.4. The Balaban J connectivity index is 2.85. The van der Waals surface area contributed by atoms with Crippen LogP contribution in [0.3, 0.4) is 0 Å². The van der Waals surface area contributed by atoms with Crippen molar-refractivity contribution in [2.24, 2.45) is 0 Å². The Morgan fingerprint density at radius 1 is 0.957 bits per heavy atom. The lowest BCUT2D eigenvalue weighted by Gasteiger charge is -2.32. The molecule has 130 valence electrons. The largest absolute Gasteiger partial charge is 0.407 e. The molecule has 0 aromatic heterocycles. The first kappa shape index (κ1) is 20.1. The van der Waals surface area contributed by atoms with Crippen molar-refractivity contribution < 1.29 is 9.22 Å². The minimum absolute atomic E-state index is 0.175. The SMILES string of the molecule is CCCCCCC(O[Si](CC)(CC)CC)C(=O)c1ccccc1. The molecule has 3 heteroatoms. The van der Waals surface area contributed by atoms with E-state index in [1.165, 1.54) is 19.3 Å². The highest BCUT2D eigenvalue weighted by Crippen LogP contribution is 2.26. The quantitative estimate of drug-likeness (QED) is 0.257. The molecule has 1 atom stereocenters. The first-order chi connectivity index (χ1) is 11.1. The average molecular weight is 335 g/mol. The number of Topliss-reactive ketones (excluding diaryl/α,β-unsaturated/α-hetero) is 1. The summed E-state index contributed by atoms with van der Waals surface area (Å²) in [6, 6.07) is 12.9. The number of carbonyl (C=O) groups is 1. The van der Waals surface area contributed by atoms with Gasteiger partial charge < -0.3 is 4.43 Å². The van der Waals surface area contributed by atoms with Crippen LogP contribution in [0, 0.1) is 0 Å². The Bertz CT molecular complexity index is 432. The van der Waals surface area contributed by atoms with Crippen LogP contribution in [-0.2, 0) is 4.43 Å². The number of unbranched alkanes of at least 4 members (excludes halogenated alkanes) is 3. The summed E-state index contributed by atoms with van der Waals surface area (Å²) in [6.07, 6.45) is 5.35. The first-order valence-electron chi connectivity index (χ1n) is 9.39. The van der Waals surface area contributed by atoms with E-state index in [2.05, 4.69) is 27.7 Å². The predicted molar refractivity (Wildman–Crippen MR) is 102 cm³/mol. The van der Waals surface area contributed by atoms with Gasteiger partial charge in [-0.15, -0.1) is 0 Å². The van der Waals surface area contributed by atoms with Crippen LogP contribution >= 0.6 is 0 Å². The van der Waals surface area contributed by atoms with Gasteiger partial charge in [-0.2, -0.15) is 0 Å². The monoisotopic (exact) mass is 334 g/mol. The molecule has 0 amide bonds. The van der Waals surface area contributed by atoms with Gasteiger partial charge in [-0.05, 0) is 24.6 Å². The van der Waals surface area contributed by atoms with Crippen molar-refractivity contribution in [3.05, 3.63) is 35.9 Å². The van der Waals surface area contributed by atoms with Gasteiger partial charge in [0.15, 0.2) is 14.1 Å². The first-order valence-corrected chi connectivity index (χ1v) is 11.9. The summed E-state index contributed by atoms with van der Waals surface area (Å²) in [5.74, 6) is 0.175. The second-order valence-corrected chi connectivity index (χ2v) is 11.2. The number of hydrogen-bond donors (Lipinski definition) is 0. The fourth-order valence-electron chi connectivity index (χ4n) is 3.09. The van der Waals surface area contributed by atoms with E-state index in [0.29, 0.717) is 0 Å². The van der Waals surface area contributed by atoms with Crippen LogP contribution in [0.4, 0.5) is 0 Å². The molecule has 0 saturated carbocycles. The van der Waals surface area contributed by atoms with Crippen molar-refractivity contribution >= 4 is 14.1 Å². The molecule has 1 aromatic rings. The van der Waals surface area contributed by atoms with Gasteiger partial charge in [0.25, 0.3) is 0 Å². The maximum Gasteiger partial charge on any atom is 0.193 e. The number of benzene rings is 1. The Morgan fingerprint density at radius 2 is 1.57 bits per heavy atom. The van der Waals surface area contributed by atoms with E-state index in [4.69, 9.17) is 4.43 Å². The van der Waals surface area contributed by atoms with Crippen molar-refractivity contribution in [2.45, 2.75) is 84.0 Å². The smallest absolute Gasteiger partial charge is 0.193 e. The third-order valence-electron chi connectivity index (χ3n) is 5.00. The second kappa shape index (κ2) is 10.8. The minimum Gasteiger partial charge on any atom is -0.407 e. The summed E-state index contributed by atoms with van der Waals surface area (Å²) in [5, 5.41) is 0. The van der Waals surface area contributed by atoms with Crippen molar-refractivity contribution in [1.29, 1.82) is 0 Å². The zero-order chi connectivity index (χ0) is 17.1. The van der Waals surface area contributed by atoms with Crippen LogP contribution < -0.4 is 0 Å². The Labute approximate surface area is 143 Å². The Hall–Kier alpha value is -0.933. The minimum atomic E-state index is -1.77. The van der Waals surface area contributed by atoms with Gasteiger partial charge >= 0.3 is 0 Å². The molecule has 0 aliphatic rings. The molecule has 2 nitrogen and oxygen atoms in total. The van der Waals surface area contributed by atoms with Gasteiger partial charge in [0.05, 0.1) is 0 Å². The van der Waals surface area contributed by atoms with Gasteiger partial charge in [0.2, 0.25) is 0 Å². The van der Waals surface area contributed by atoms with Crippen molar-refractivity contribution in [2.75, 3.05) is 0 Å². The summed E-state index contributed by atoms with van der Waals surface area (Å²) in [7, 11) is -1.77.